The van der Waals surface area contributed by atoms with Crippen molar-refractivity contribution in [2.45, 2.75) is 26.2 Å². The Balaban J connectivity index is 3.10. The highest BCUT2D eigenvalue weighted by Crippen LogP contribution is 1.93. The Morgan fingerprint density at radius 3 is 2.86 bits per heavy atom. The van der Waals surface area contributed by atoms with E-state index in [-0.39, 0.29) is 5.97 Å². The van der Waals surface area contributed by atoms with Crippen molar-refractivity contribution in [1.29, 1.82) is 0 Å². The molecule has 0 aliphatic heterocycles. The summed E-state index contributed by atoms with van der Waals surface area (Å²) in [6, 6.07) is 0. The zero-order valence-corrected chi connectivity index (χ0v) is 9.99. The number of esters is 1. The van der Waals surface area contributed by atoms with Crippen LogP contribution in [0.15, 0.2) is 0 Å². The third kappa shape index (κ3) is 9.86. The third-order valence-corrected chi connectivity index (χ3v) is 2.43. The van der Waals surface area contributed by atoms with Crippen LogP contribution >= 0.6 is 11.8 Å². The second-order valence-electron chi connectivity index (χ2n) is 3.10. The number of nitrogens with one attached hydrogen (secondary N) is 1. The minimum atomic E-state index is -0.136. The third-order valence-electron chi connectivity index (χ3n) is 1.73. The summed E-state index contributed by atoms with van der Waals surface area (Å²) in [5.41, 5.74) is 0. The maximum absolute atomic E-state index is 11.1. The van der Waals surface area contributed by atoms with Gasteiger partial charge in [0, 0.05) is 0 Å². The zero-order valence-electron chi connectivity index (χ0n) is 9.17. The van der Waals surface area contributed by atoms with Gasteiger partial charge in [0.2, 0.25) is 0 Å². The van der Waals surface area contributed by atoms with Crippen molar-refractivity contribution >= 4 is 17.7 Å². The van der Waals surface area contributed by atoms with E-state index in [2.05, 4.69) is 18.5 Å². The molecule has 0 radical (unpaired) electrons. The lowest BCUT2D eigenvalue weighted by atomic mass is 10.4. The predicted molar refractivity (Wildman–Crippen MR) is 61.7 cm³/mol. The molecule has 0 saturated heterocycles. The second kappa shape index (κ2) is 10.9. The summed E-state index contributed by atoms with van der Waals surface area (Å²) in [6.07, 6.45) is 5.20. The van der Waals surface area contributed by atoms with E-state index in [1.54, 1.807) is 0 Å². The Labute approximate surface area is 91.0 Å². The molecule has 0 unspecified atom stereocenters. The van der Waals surface area contributed by atoms with Crippen molar-refractivity contribution in [3.63, 3.8) is 0 Å². The lowest BCUT2D eigenvalue weighted by molar-refractivity contribution is -0.142. The molecular weight excluding hydrogens is 198 g/mol. The molecule has 84 valence electrons. The molecule has 0 aromatic carbocycles. The van der Waals surface area contributed by atoms with Gasteiger partial charge in [0.15, 0.2) is 0 Å². The first kappa shape index (κ1) is 13.8. The number of unbranched alkanes of at least 4 members (excludes halogenated alkanes) is 1. The summed E-state index contributed by atoms with van der Waals surface area (Å²) >= 11 is 1.82. The Morgan fingerprint density at radius 2 is 2.21 bits per heavy atom. The van der Waals surface area contributed by atoms with Crippen LogP contribution in [0.3, 0.4) is 0 Å². The molecule has 0 atom stereocenters. The number of rotatable bonds is 9. The first-order valence-corrected chi connectivity index (χ1v) is 6.56. The van der Waals surface area contributed by atoms with E-state index in [1.165, 1.54) is 0 Å². The normalized spacial score (nSPS) is 10.1. The van der Waals surface area contributed by atoms with Gasteiger partial charge in [0.1, 0.15) is 0 Å². The van der Waals surface area contributed by atoms with Gasteiger partial charge in [-0.05, 0) is 31.4 Å². The molecule has 0 heterocycles. The highest BCUT2D eigenvalue weighted by molar-refractivity contribution is 7.98. The highest BCUT2D eigenvalue weighted by Gasteiger charge is 2.00. The maximum Gasteiger partial charge on any atom is 0.319 e. The molecule has 0 aliphatic carbocycles. The Hall–Kier alpha value is -0.220. The SMILES string of the molecule is CCCCOC(=O)CNCCCSC. The fourth-order valence-electron chi connectivity index (χ4n) is 0.913. The second-order valence-corrected chi connectivity index (χ2v) is 4.08. The quantitative estimate of drug-likeness (QED) is 0.473. The topological polar surface area (TPSA) is 38.3 Å². The molecule has 4 heteroatoms. The molecule has 0 aromatic rings. The van der Waals surface area contributed by atoms with Gasteiger partial charge in [-0.25, -0.2) is 0 Å². The van der Waals surface area contributed by atoms with Crippen LogP contribution in [-0.2, 0) is 9.53 Å². The smallest absolute Gasteiger partial charge is 0.319 e. The van der Waals surface area contributed by atoms with Gasteiger partial charge < -0.3 is 10.1 Å². The summed E-state index contributed by atoms with van der Waals surface area (Å²) in [7, 11) is 0. The summed E-state index contributed by atoms with van der Waals surface area (Å²) < 4.78 is 4.98. The standard InChI is InChI=1S/C10H21NO2S/c1-3-4-7-13-10(12)9-11-6-5-8-14-2/h11H,3-9H2,1-2H3. The van der Waals surface area contributed by atoms with E-state index in [9.17, 15) is 4.79 Å². The summed E-state index contributed by atoms with van der Waals surface area (Å²) in [6.45, 7) is 3.87. The van der Waals surface area contributed by atoms with Gasteiger partial charge in [-0.15, -0.1) is 0 Å². The van der Waals surface area contributed by atoms with E-state index < -0.39 is 0 Å². The molecule has 0 bridgehead atoms. The lowest BCUT2D eigenvalue weighted by Crippen LogP contribution is -2.26. The molecule has 0 rings (SSSR count). The van der Waals surface area contributed by atoms with Crippen molar-refractivity contribution in [1.82, 2.24) is 5.32 Å². The summed E-state index contributed by atoms with van der Waals surface area (Å²) in [5, 5.41) is 3.06. The molecule has 0 aliphatic rings. The first-order valence-electron chi connectivity index (χ1n) is 5.16. The number of hydrogen-bond donors (Lipinski definition) is 1. The first-order chi connectivity index (χ1) is 6.81. The molecule has 14 heavy (non-hydrogen) atoms. The lowest BCUT2D eigenvalue weighted by Gasteiger charge is -2.04. The van der Waals surface area contributed by atoms with Crippen molar-refractivity contribution in [2.75, 3.05) is 31.7 Å². The average molecular weight is 219 g/mol. The highest BCUT2D eigenvalue weighted by atomic mass is 32.2. The van der Waals surface area contributed by atoms with Crippen molar-refractivity contribution in [3.8, 4) is 0 Å². The van der Waals surface area contributed by atoms with Crippen LogP contribution in [0.2, 0.25) is 0 Å². The van der Waals surface area contributed by atoms with E-state index in [0.717, 1.165) is 31.6 Å². The van der Waals surface area contributed by atoms with Crippen LogP contribution < -0.4 is 5.32 Å². The molecule has 0 spiro atoms. The Morgan fingerprint density at radius 1 is 1.43 bits per heavy atom. The number of hydrogen-bond acceptors (Lipinski definition) is 4. The van der Waals surface area contributed by atoms with Gasteiger partial charge in [-0.3, -0.25) is 4.79 Å². The Kier molecular flexibility index (Phi) is 10.7. The molecule has 3 nitrogen and oxygen atoms in total. The maximum atomic E-state index is 11.1. The van der Waals surface area contributed by atoms with Crippen LogP contribution in [0.25, 0.3) is 0 Å². The van der Waals surface area contributed by atoms with Gasteiger partial charge in [0.05, 0.1) is 13.2 Å². The molecule has 0 amide bonds. The van der Waals surface area contributed by atoms with Gasteiger partial charge in [-0.1, -0.05) is 13.3 Å². The van der Waals surface area contributed by atoms with Gasteiger partial charge in [0.25, 0.3) is 0 Å². The number of ether oxygens (including phenoxy) is 1. The summed E-state index contributed by atoms with van der Waals surface area (Å²) in [4.78, 5) is 11.1. The van der Waals surface area contributed by atoms with E-state index in [4.69, 9.17) is 4.74 Å². The van der Waals surface area contributed by atoms with E-state index in [0.29, 0.717) is 13.2 Å². The monoisotopic (exact) mass is 219 g/mol. The van der Waals surface area contributed by atoms with Crippen LogP contribution in [0.5, 0.6) is 0 Å². The number of carbonyl (C=O) groups is 1. The zero-order chi connectivity index (χ0) is 10.6. The number of carbonyl (C=O) groups excluding carboxylic acids is 1. The van der Waals surface area contributed by atoms with Crippen molar-refractivity contribution < 1.29 is 9.53 Å². The minimum absolute atomic E-state index is 0.136. The fraction of sp³-hybridized carbons (Fsp3) is 0.900. The largest absolute Gasteiger partial charge is 0.465 e. The van der Waals surface area contributed by atoms with Crippen LogP contribution in [-0.4, -0.2) is 37.7 Å². The van der Waals surface area contributed by atoms with Crippen LogP contribution in [0, 0.1) is 0 Å². The van der Waals surface area contributed by atoms with Crippen LogP contribution in [0.4, 0.5) is 0 Å². The van der Waals surface area contributed by atoms with Gasteiger partial charge >= 0.3 is 5.97 Å². The van der Waals surface area contributed by atoms with E-state index in [1.807, 2.05) is 11.8 Å². The Bertz CT molecular complexity index is 142. The average Bonchev–Trinajstić information content (AvgIpc) is 2.18. The predicted octanol–water partition coefficient (Wildman–Crippen LogP) is 1.67. The van der Waals surface area contributed by atoms with Gasteiger partial charge in [-0.2, -0.15) is 11.8 Å². The van der Waals surface area contributed by atoms with Crippen LogP contribution in [0.1, 0.15) is 26.2 Å². The van der Waals surface area contributed by atoms with Crippen molar-refractivity contribution in [3.05, 3.63) is 0 Å². The molecule has 0 saturated carbocycles. The van der Waals surface area contributed by atoms with Crippen molar-refractivity contribution in [2.24, 2.45) is 0 Å². The molecule has 0 aromatic heterocycles. The van der Waals surface area contributed by atoms with E-state index >= 15 is 0 Å². The number of thioether (sulfide) groups is 1. The molecule has 0 fully saturated rings. The fourth-order valence-corrected chi connectivity index (χ4v) is 1.35. The minimum Gasteiger partial charge on any atom is -0.465 e. The summed E-state index contributed by atoms with van der Waals surface area (Å²) in [5.74, 6) is 1.00. The molecular formula is C10H21NO2S. The molecule has 1 N–H and O–H groups in total.